The van der Waals surface area contributed by atoms with Gasteiger partial charge in [0.2, 0.25) is 11.0 Å². The van der Waals surface area contributed by atoms with Crippen LogP contribution < -0.4 is 25.4 Å². The zero-order chi connectivity index (χ0) is 30.9. The third kappa shape index (κ3) is 6.23. The number of ether oxygens (including phenoxy) is 2. The second-order valence-electron chi connectivity index (χ2n) is 11.2. The molecule has 222 valence electrons. The van der Waals surface area contributed by atoms with Gasteiger partial charge in [0.05, 0.1) is 37.5 Å². The maximum atomic E-state index is 13.7. The number of nitrogens with one attached hydrogen (secondary N) is 1. The summed E-state index contributed by atoms with van der Waals surface area (Å²) >= 11 is 2.48. The molecule has 0 bridgehead atoms. The molecular formula is C31H32N6O4S2. The van der Waals surface area contributed by atoms with E-state index in [-0.39, 0.29) is 28.7 Å². The molecule has 12 heteroatoms. The molecule has 2 heterocycles. The van der Waals surface area contributed by atoms with Gasteiger partial charge < -0.3 is 20.5 Å². The fourth-order valence-corrected chi connectivity index (χ4v) is 7.15. The molecule has 0 fully saturated rings. The first-order valence-corrected chi connectivity index (χ1v) is 15.4. The van der Waals surface area contributed by atoms with E-state index in [1.807, 2.05) is 45.0 Å². The lowest BCUT2D eigenvalue weighted by Gasteiger charge is -2.42. The molecule has 10 nitrogen and oxygen atoms in total. The van der Waals surface area contributed by atoms with Crippen LogP contribution in [-0.4, -0.2) is 41.9 Å². The molecule has 0 spiro atoms. The number of amides is 1. The molecule has 5 rings (SSSR count). The molecule has 43 heavy (non-hydrogen) atoms. The fourth-order valence-electron chi connectivity index (χ4n) is 5.47. The Bertz CT molecular complexity index is 1680. The maximum absolute atomic E-state index is 13.7. The Morgan fingerprint density at radius 3 is 2.56 bits per heavy atom. The number of aryl methyl sites for hydroxylation is 1. The van der Waals surface area contributed by atoms with Crippen LogP contribution in [-0.2, 0) is 9.59 Å². The number of hydrogen-bond acceptors (Lipinski definition) is 11. The highest BCUT2D eigenvalue weighted by Gasteiger charge is 2.45. The molecule has 1 unspecified atom stereocenters. The summed E-state index contributed by atoms with van der Waals surface area (Å²) in [6.07, 6.45) is 0.941. The summed E-state index contributed by atoms with van der Waals surface area (Å²) in [5.41, 5.74) is 10.5. The van der Waals surface area contributed by atoms with Crippen molar-refractivity contribution in [2.24, 2.45) is 11.1 Å². The van der Waals surface area contributed by atoms with Crippen molar-refractivity contribution in [1.29, 1.82) is 5.26 Å². The fraction of sp³-hybridized carbons (Fsp3) is 0.323. The summed E-state index contributed by atoms with van der Waals surface area (Å²) in [6.45, 7) is 6.07. The number of ketones is 1. The van der Waals surface area contributed by atoms with Crippen LogP contribution in [0.4, 0.5) is 10.8 Å². The number of thioether (sulfide) groups is 1. The molecule has 1 amide bonds. The Labute approximate surface area is 258 Å². The maximum Gasteiger partial charge on any atom is 0.234 e. The van der Waals surface area contributed by atoms with E-state index in [9.17, 15) is 14.9 Å². The van der Waals surface area contributed by atoms with Gasteiger partial charge >= 0.3 is 0 Å². The van der Waals surface area contributed by atoms with E-state index in [4.69, 9.17) is 15.2 Å². The molecule has 3 N–H and O–H groups in total. The number of allylic oxidation sites excluding steroid dienone is 3. The standard InChI is InChI=1S/C31H32N6O4S2/c1-17-7-6-8-18(9-17)26-22(15-32)28(33)37(23-13-31(2,3)14-24(38)27(23)26)29-35-36-30(43-29)42-16-25(39)34-19-10-20(40-4)12-21(11-19)41-5/h6-12,26H,13-14,16,33H2,1-5H3,(H,34,39). The summed E-state index contributed by atoms with van der Waals surface area (Å²) in [5.74, 6) is 0.624. The molecule has 1 atom stereocenters. The Morgan fingerprint density at radius 1 is 1.19 bits per heavy atom. The van der Waals surface area contributed by atoms with Gasteiger partial charge in [-0.3, -0.25) is 14.5 Å². The number of rotatable bonds is 8. The Kier molecular flexibility index (Phi) is 8.48. The van der Waals surface area contributed by atoms with E-state index >= 15 is 0 Å². The predicted octanol–water partition coefficient (Wildman–Crippen LogP) is 5.54. The van der Waals surface area contributed by atoms with Gasteiger partial charge in [-0.05, 0) is 24.3 Å². The number of nitrogens with zero attached hydrogens (tertiary/aromatic N) is 4. The van der Waals surface area contributed by atoms with Crippen molar-refractivity contribution >= 4 is 45.6 Å². The predicted molar refractivity (Wildman–Crippen MR) is 167 cm³/mol. The monoisotopic (exact) mass is 616 g/mol. The minimum absolute atomic E-state index is 0.00651. The van der Waals surface area contributed by atoms with Crippen LogP contribution in [0.15, 0.2) is 69.5 Å². The molecule has 0 saturated heterocycles. The molecule has 1 aliphatic carbocycles. The summed E-state index contributed by atoms with van der Waals surface area (Å²) in [6, 6.07) is 15.2. The SMILES string of the molecule is COc1cc(NC(=O)CSc2nnc(N3C(N)=C(C#N)C(c4cccc(C)c4)C4=C3CC(C)(C)CC4=O)s2)cc(OC)c1. The molecular weight excluding hydrogens is 585 g/mol. The first-order chi connectivity index (χ1) is 20.5. The van der Waals surface area contributed by atoms with Crippen molar-refractivity contribution in [3.63, 3.8) is 0 Å². The summed E-state index contributed by atoms with van der Waals surface area (Å²) in [4.78, 5) is 28.2. The zero-order valence-corrected chi connectivity index (χ0v) is 26.2. The van der Waals surface area contributed by atoms with Gasteiger partial charge in [-0.2, -0.15) is 5.26 Å². The van der Waals surface area contributed by atoms with Crippen molar-refractivity contribution < 1.29 is 19.1 Å². The van der Waals surface area contributed by atoms with Crippen LogP contribution in [0, 0.1) is 23.7 Å². The van der Waals surface area contributed by atoms with Crippen molar-refractivity contribution in [2.75, 3.05) is 30.2 Å². The van der Waals surface area contributed by atoms with E-state index in [1.54, 1.807) is 37.3 Å². The van der Waals surface area contributed by atoms with Crippen molar-refractivity contribution in [2.45, 2.75) is 43.9 Å². The van der Waals surface area contributed by atoms with Gasteiger partial charge in [0.25, 0.3) is 0 Å². The van der Waals surface area contributed by atoms with E-state index in [0.717, 1.165) is 16.8 Å². The number of anilines is 2. The van der Waals surface area contributed by atoms with Gasteiger partial charge in [-0.1, -0.05) is 66.8 Å². The van der Waals surface area contributed by atoms with E-state index in [1.165, 1.54) is 23.1 Å². The van der Waals surface area contributed by atoms with E-state index in [0.29, 0.717) is 50.6 Å². The first-order valence-electron chi connectivity index (χ1n) is 13.6. The number of aromatic nitrogens is 2. The molecule has 3 aromatic rings. The number of methoxy groups -OCH3 is 2. The highest BCUT2D eigenvalue weighted by atomic mass is 32.2. The van der Waals surface area contributed by atoms with Gasteiger partial charge in [-0.15, -0.1) is 10.2 Å². The number of nitrogens with two attached hydrogens (primary N) is 1. The Morgan fingerprint density at radius 2 is 1.91 bits per heavy atom. The average Bonchev–Trinajstić information content (AvgIpc) is 3.43. The number of carbonyl (C=O) groups excluding carboxylic acids is 2. The second kappa shape index (κ2) is 12.1. The molecule has 1 aromatic heterocycles. The van der Waals surface area contributed by atoms with Crippen LogP contribution in [0.2, 0.25) is 0 Å². The lowest BCUT2D eigenvalue weighted by Crippen LogP contribution is -2.42. The van der Waals surface area contributed by atoms with Crippen molar-refractivity contribution in [3.05, 3.63) is 76.3 Å². The molecule has 0 saturated carbocycles. The Hall–Kier alpha value is -4.34. The summed E-state index contributed by atoms with van der Waals surface area (Å²) in [7, 11) is 3.08. The zero-order valence-electron chi connectivity index (χ0n) is 24.6. The van der Waals surface area contributed by atoms with Crippen molar-refractivity contribution in [3.8, 4) is 17.6 Å². The smallest absolute Gasteiger partial charge is 0.234 e. The topological polar surface area (TPSA) is 143 Å². The van der Waals surface area contributed by atoms with Crippen LogP contribution >= 0.6 is 23.1 Å². The number of Topliss-reactive ketones (excluding diaryl/α,β-unsaturated/α-hetero) is 1. The normalized spacial score (nSPS) is 17.8. The van der Waals surface area contributed by atoms with Crippen LogP contribution in [0.1, 0.15) is 43.7 Å². The van der Waals surface area contributed by atoms with Crippen LogP contribution in [0.25, 0.3) is 0 Å². The minimum Gasteiger partial charge on any atom is -0.497 e. The third-order valence-corrected chi connectivity index (χ3v) is 9.35. The number of benzene rings is 2. The van der Waals surface area contributed by atoms with E-state index in [2.05, 4.69) is 21.6 Å². The number of nitriles is 1. The molecule has 1 aliphatic heterocycles. The van der Waals surface area contributed by atoms with Gasteiger partial charge in [0.15, 0.2) is 10.1 Å². The van der Waals surface area contributed by atoms with Gasteiger partial charge in [0.1, 0.15) is 17.3 Å². The van der Waals surface area contributed by atoms with Crippen LogP contribution in [0.5, 0.6) is 11.5 Å². The van der Waals surface area contributed by atoms with Crippen LogP contribution in [0.3, 0.4) is 0 Å². The quantitative estimate of drug-likeness (QED) is 0.310. The Balaban J connectivity index is 1.43. The second-order valence-corrected chi connectivity index (χ2v) is 13.4. The first kappa shape index (κ1) is 30.1. The third-order valence-electron chi connectivity index (χ3n) is 7.31. The van der Waals surface area contributed by atoms with E-state index < -0.39 is 5.92 Å². The van der Waals surface area contributed by atoms with Crippen molar-refractivity contribution in [1.82, 2.24) is 10.2 Å². The molecule has 2 aliphatic rings. The summed E-state index contributed by atoms with van der Waals surface area (Å²) < 4.78 is 11.1. The largest absolute Gasteiger partial charge is 0.497 e. The number of hydrogen-bond donors (Lipinski definition) is 2. The lowest BCUT2D eigenvalue weighted by atomic mass is 9.68. The molecule has 2 aromatic carbocycles. The molecule has 0 radical (unpaired) electrons. The summed E-state index contributed by atoms with van der Waals surface area (Å²) in [5, 5.41) is 22.3. The highest BCUT2D eigenvalue weighted by molar-refractivity contribution is 8.01. The lowest BCUT2D eigenvalue weighted by molar-refractivity contribution is -0.118. The van der Waals surface area contributed by atoms with Gasteiger partial charge in [0, 0.05) is 41.6 Å². The average molecular weight is 617 g/mol. The highest BCUT2D eigenvalue weighted by Crippen LogP contribution is 2.50. The minimum atomic E-state index is -0.555. The van der Waals surface area contributed by atoms with Gasteiger partial charge in [-0.25, -0.2) is 0 Å². The number of carbonyl (C=O) groups is 2.